The number of nitrogens with two attached hydrogens (primary N) is 3. The summed E-state index contributed by atoms with van der Waals surface area (Å²) in [5, 5.41) is 16.6. The molecule has 0 aromatic rings. The number of carboxylic acids is 1. The first-order chi connectivity index (χ1) is 15.8. The van der Waals surface area contributed by atoms with Crippen LogP contribution in [0.2, 0.25) is 0 Å². The van der Waals surface area contributed by atoms with Gasteiger partial charge < -0.3 is 38.3 Å². The van der Waals surface area contributed by atoms with E-state index in [1.807, 2.05) is 6.26 Å². The maximum Gasteiger partial charge on any atom is 0.326 e. The minimum atomic E-state index is -1.44. The first-order valence-corrected chi connectivity index (χ1v) is 12.1. The van der Waals surface area contributed by atoms with Crippen LogP contribution in [0.15, 0.2) is 0 Å². The average molecular weight is 505 g/mol. The van der Waals surface area contributed by atoms with E-state index in [2.05, 4.69) is 16.0 Å². The quantitative estimate of drug-likeness (QED) is 0.113. The number of hydrogen-bond acceptors (Lipinski definition) is 8. The molecule has 0 rings (SSSR count). The lowest BCUT2D eigenvalue weighted by molar-refractivity contribution is -0.142. The van der Waals surface area contributed by atoms with Gasteiger partial charge in [-0.25, -0.2) is 4.79 Å². The van der Waals surface area contributed by atoms with Crippen molar-refractivity contribution in [1.82, 2.24) is 16.0 Å². The van der Waals surface area contributed by atoms with Gasteiger partial charge in [-0.15, -0.1) is 0 Å². The minimum absolute atomic E-state index is 0.174. The van der Waals surface area contributed by atoms with Crippen LogP contribution in [0.1, 0.15) is 46.0 Å². The zero-order valence-electron chi connectivity index (χ0n) is 19.7. The molecule has 0 radical (unpaired) electrons. The van der Waals surface area contributed by atoms with Gasteiger partial charge in [-0.05, 0) is 37.2 Å². The number of thioether (sulfide) groups is 1. The Morgan fingerprint density at radius 1 is 0.765 bits per heavy atom. The molecule has 4 atom stereocenters. The van der Waals surface area contributed by atoms with Crippen molar-refractivity contribution >= 4 is 47.3 Å². The molecule has 0 spiro atoms. The molecule has 0 aliphatic heterocycles. The van der Waals surface area contributed by atoms with Gasteiger partial charge in [0.05, 0.1) is 6.04 Å². The maximum atomic E-state index is 12.9. The van der Waals surface area contributed by atoms with E-state index in [4.69, 9.17) is 17.2 Å². The monoisotopic (exact) mass is 504 g/mol. The summed E-state index contributed by atoms with van der Waals surface area (Å²) in [4.78, 5) is 71.7. The molecule has 0 saturated carbocycles. The Labute approximate surface area is 202 Å². The van der Waals surface area contributed by atoms with E-state index in [1.54, 1.807) is 13.8 Å². The first kappa shape index (κ1) is 31.1. The average Bonchev–Trinajstić information content (AvgIpc) is 2.74. The second-order valence-electron chi connectivity index (χ2n) is 8.08. The Balaban J connectivity index is 5.55. The molecule has 0 heterocycles. The smallest absolute Gasteiger partial charge is 0.326 e. The summed E-state index contributed by atoms with van der Waals surface area (Å²) in [5.41, 5.74) is 16.0. The van der Waals surface area contributed by atoms with Crippen LogP contribution >= 0.6 is 11.8 Å². The number of carboxylic acid groups (broad SMARTS) is 1. The molecule has 194 valence electrons. The molecule has 0 aliphatic rings. The van der Waals surface area contributed by atoms with Gasteiger partial charge in [-0.2, -0.15) is 11.8 Å². The van der Waals surface area contributed by atoms with Crippen molar-refractivity contribution in [3.05, 3.63) is 0 Å². The number of carbonyl (C=O) groups is 6. The molecule has 0 saturated heterocycles. The van der Waals surface area contributed by atoms with Crippen LogP contribution in [-0.4, -0.2) is 76.8 Å². The van der Waals surface area contributed by atoms with Crippen LogP contribution in [0.25, 0.3) is 0 Å². The molecular formula is C20H36N6O7S. The van der Waals surface area contributed by atoms with Crippen molar-refractivity contribution in [2.75, 3.05) is 12.0 Å². The van der Waals surface area contributed by atoms with Crippen LogP contribution in [0.3, 0.4) is 0 Å². The number of aliphatic carboxylic acids is 1. The van der Waals surface area contributed by atoms with Crippen LogP contribution in [-0.2, 0) is 28.8 Å². The highest BCUT2D eigenvalue weighted by Crippen LogP contribution is 2.07. The van der Waals surface area contributed by atoms with Gasteiger partial charge in [-0.1, -0.05) is 13.8 Å². The highest BCUT2D eigenvalue weighted by molar-refractivity contribution is 7.98. The lowest BCUT2D eigenvalue weighted by atomic mass is 10.0. The Morgan fingerprint density at radius 2 is 1.18 bits per heavy atom. The third-order valence-electron chi connectivity index (χ3n) is 4.87. The molecule has 0 aliphatic carbocycles. The van der Waals surface area contributed by atoms with Crippen LogP contribution in [0.5, 0.6) is 0 Å². The van der Waals surface area contributed by atoms with E-state index in [1.165, 1.54) is 11.8 Å². The number of hydrogen-bond donors (Lipinski definition) is 7. The molecular weight excluding hydrogens is 468 g/mol. The highest BCUT2D eigenvalue weighted by Gasteiger charge is 2.30. The van der Waals surface area contributed by atoms with Crippen molar-refractivity contribution in [2.45, 2.75) is 70.1 Å². The Bertz CT molecular complexity index is 749. The first-order valence-electron chi connectivity index (χ1n) is 10.7. The van der Waals surface area contributed by atoms with Gasteiger partial charge in [-0.3, -0.25) is 24.0 Å². The zero-order valence-corrected chi connectivity index (χ0v) is 20.5. The van der Waals surface area contributed by atoms with Crippen LogP contribution < -0.4 is 33.2 Å². The molecule has 5 amide bonds. The third-order valence-corrected chi connectivity index (χ3v) is 5.51. The molecule has 14 heteroatoms. The van der Waals surface area contributed by atoms with Gasteiger partial charge in [0.15, 0.2) is 0 Å². The standard InChI is InChI=1S/C20H36N6O7S/c1-10(2)16(23)19(31)25-12(8-9-34-3)18(30)24-11(4-6-14(21)27)17(29)26-13(20(32)33)5-7-15(22)28/h10-13,16H,4-9,23H2,1-3H3,(H2,21,27)(H2,22,28)(H,24,30)(H,25,31)(H,26,29)(H,32,33). The summed E-state index contributed by atoms with van der Waals surface area (Å²) in [6.45, 7) is 3.50. The predicted octanol–water partition coefficient (Wildman–Crippen LogP) is -2.21. The summed E-state index contributed by atoms with van der Waals surface area (Å²) in [7, 11) is 0. The number of nitrogens with one attached hydrogen (secondary N) is 3. The predicted molar refractivity (Wildman–Crippen MR) is 126 cm³/mol. The second kappa shape index (κ2) is 15.9. The number of amides is 5. The zero-order chi connectivity index (χ0) is 26.4. The summed E-state index contributed by atoms with van der Waals surface area (Å²) >= 11 is 1.44. The number of primary amides is 2. The number of carbonyl (C=O) groups excluding carboxylic acids is 5. The Morgan fingerprint density at radius 3 is 1.59 bits per heavy atom. The van der Waals surface area contributed by atoms with E-state index < -0.39 is 59.7 Å². The van der Waals surface area contributed by atoms with Gasteiger partial charge in [0, 0.05) is 12.8 Å². The third kappa shape index (κ3) is 12.4. The molecule has 0 aromatic heterocycles. The van der Waals surface area contributed by atoms with Crippen LogP contribution in [0, 0.1) is 5.92 Å². The van der Waals surface area contributed by atoms with Gasteiger partial charge in [0.1, 0.15) is 18.1 Å². The summed E-state index contributed by atoms with van der Waals surface area (Å²) < 4.78 is 0. The normalized spacial score (nSPS) is 14.4. The van der Waals surface area contributed by atoms with E-state index in [0.29, 0.717) is 5.75 Å². The minimum Gasteiger partial charge on any atom is -0.480 e. The van der Waals surface area contributed by atoms with Gasteiger partial charge in [0.2, 0.25) is 29.5 Å². The van der Waals surface area contributed by atoms with Crippen molar-refractivity contribution in [2.24, 2.45) is 23.1 Å². The Hall–Kier alpha value is -2.87. The van der Waals surface area contributed by atoms with Crippen molar-refractivity contribution in [1.29, 1.82) is 0 Å². The van der Waals surface area contributed by atoms with E-state index in [0.717, 1.165) is 0 Å². The lowest BCUT2D eigenvalue weighted by Gasteiger charge is -2.25. The van der Waals surface area contributed by atoms with E-state index >= 15 is 0 Å². The summed E-state index contributed by atoms with van der Waals surface area (Å²) in [5.74, 6) is -4.66. The van der Waals surface area contributed by atoms with Crippen LogP contribution in [0.4, 0.5) is 0 Å². The van der Waals surface area contributed by atoms with Crippen molar-refractivity contribution in [3.8, 4) is 0 Å². The van der Waals surface area contributed by atoms with E-state index in [9.17, 15) is 33.9 Å². The number of rotatable bonds is 17. The SMILES string of the molecule is CSCCC(NC(=O)C(N)C(C)C)C(=O)NC(CCC(N)=O)C(=O)NC(CCC(N)=O)C(=O)O. The molecule has 0 bridgehead atoms. The molecule has 0 aromatic carbocycles. The fraction of sp³-hybridized carbons (Fsp3) is 0.700. The summed E-state index contributed by atoms with van der Waals surface area (Å²) in [6.07, 6.45) is 1.05. The summed E-state index contributed by atoms with van der Waals surface area (Å²) in [6, 6.07) is -4.62. The lowest BCUT2D eigenvalue weighted by Crippen LogP contribution is -2.57. The van der Waals surface area contributed by atoms with Crippen molar-refractivity contribution < 1.29 is 33.9 Å². The van der Waals surface area contributed by atoms with Gasteiger partial charge in [0.25, 0.3) is 0 Å². The molecule has 4 unspecified atom stereocenters. The molecule has 0 fully saturated rings. The largest absolute Gasteiger partial charge is 0.480 e. The fourth-order valence-electron chi connectivity index (χ4n) is 2.72. The fourth-order valence-corrected chi connectivity index (χ4v) is 3.19. The maximum absolute atomic E-state index is 12.9. The Kier molecular flexibility index (Phi) is 14.5. The molecule has 10 N–H and O–H groups in total. The molecule has 34 heavy (non-hydrogen) atoms. The second-order valence-corrected chi connectivity index (χ2v) is 9.07. The molecule has 13 nitrogen and oxygen atoms in total. The highest BCUT2D eigenvalue weighted by atomic mass is 32.2. The topological polar surface area (TPSA) is 237 Å². The van der Waals surface area contributed by atoms with Gasteiger partial charge >= 0.3 is 5.97 Å². The van der Waals surface area contributed by atoms with E-state index in [-0.39, 0.29) is 38.0 Å². The van der Waals surface area contributed by atoms with Crippen molar-refractivity contribution in [3.63, 3.8) is 0 Å².